The maximum Gasteiger partial charge on any atom is 0.0323 e. The number of hydrogen-bond donors (Lipinski definition) is 0. The Morgan fingerprint density at radius 2 is 0.640 bits per heavy atom. The van der Waals surface area contributed by atoms with Crippen molar-refractivity contribution in [3.63, 3.8) is 0 Å². The fourth-order valence-electron chi connectivity index (χ4n) is 7.44. The van der Waals surface area contributed by atoms with Crippen molar-refractivity contribution in [2.24, 2.45) is 11.8 Å². The summed E-state index contributed by atoms with van der Waals surface area (Å²) in [6.07, 6.45) is 5.21. The van der Waals surface area contributed by atoms with Crippen molar-refractivity contribution >= 4 is 56.0 Å². The highest BCUT2D eigenvalue weighted by Gasteiger charge is 2.37. The Bertz CT molecular complexity index is 1640. The molecule has 0 spiro atoms. The highest BCUT2D eigenvalue weighted by Crippen LogP contribution is 2.56. The van der Waals surface area contributed by atoms with Gasteiger partial charge in [-0.2, -0.15) is 0 Å². The Morgan fingerprint density at radius 3 is 0.940 bits per heavy atom. The van der Waals surface area contributed by atoms with E-state index in [9.17, 15) is 0 Å². The average molecular weight is 709 g/mol. The van der Waals surface area contributed by atoms with E-state index in [1.54, 1.807) is 0 Å². The summed E-state index contributed by atoms with van der Waals surface area (Å²) >= 11 is 0. The first-order valence-electron chi connectivity index (χ1n) is 18.0. The fraction of sp³-hybridized carbons (Fsp3) is 0.200. The van der Waals surface area contributed by atoms with Gasteiger partial charge in [-0.15, -0.1) is 0 Å². The normalized spacial score (nSPS) is 16.4. The minimum Gasteiger partial charge on any atom is -0.278 e. The molecule has 2 nitrogen and oxygen atoms in total. The highest BCUT2D eigenvalue weighted by molar-refractivity contribution is 7.84. The molecule has 0 amide bonds. The monoisotopic (exact) mass is 708 g/mol. The number of benzene rings is 6. The van der Waals surface area contributed by atoms with Crippen molar-refractivity contribution in [2.75, 3.05) is 20.1 Å². The zero-order valence-corrected chi connectivity index (χ0v) is 31.6. The Morgan fingerprint density at radius 1 is 0.380 bits per heavy atom. The predicted octanol–water partition coefficient (Wildman–Crippen LogP) is 9.17. The Labute approximate surface area is 303 Å². The van der Waals surface area contributed by atoms with Crippen LogP contribution >= 0.6 is 24.2 Å². The second-order valence-electron chi connectivity index (χ2n) is 13.1. The van der Waals surface area contributed by atoms with E-state index in [0.29, 0.717) is 11.8 Å². The lowest BCUT2D eigenvalue weighted by Gasteiger charge is -2.44. The molecule has 252 valence electrons. The summed E-state index contributed by atoms with van der Waals surface area (Å²) in [6, 6.07) is 67.8. The van der Waals surface area contributed by atoms with Crippen molar-refractivity contribution in [1.29, 1.82) is 0 Å². The molecule has 0 saturated heterocycles. The first kappa shape index (κ1) is 35.0. The summed E-state index contributed by atoms with van der Waals surface area (Å²) < 4.78 is 5.70. The molecule has 0 radical (unpaired) electrons. The summed E-state index contributed by atoms with van der Waals surface area (Å²) in [4.78, 5) is 0. The van der Waals surface area contributed by atoms with Crippen molar-refractivity contribution in [3.05, 3.63) is 182 Å². The standard InChI is InChI=1S/C45H47N2P3/c1-46(48(40-24-8-2-9-25-40)41-26-10-3-11-27-41)36-38-22-20-21-23-39(38)37-47(49(42-28-12-4-13-29-42)43-30-14-5-15-31-43)50(44-32-16-6-17-33-44)45-34-18-7-19-35-45/h2-19,24-35,38-39H,20-23,36-37H2,1H3. The molecule has 0 aliphatic heterocycles. The van der Waals surface area contributed by atoms with Crippen LogP contribution in [0.2, 0.25) is 0 Å². The van der Waals surface area contributed by atoms with E-state index in [2.05, 4.69) is 198 Å². The van der Waals surface area contributed by atoms with Gasteiger partial charge >= 0.3 is 0 Å². The maximum absolute atomic E-state index is 2.99. The molecule has 50 heavy (non-hydrogen) atoms. The summed E-state index contributed by atoms with van der Waals surface area (Å²) in [6.45, 7) is 2.19. The third-order valence-electron chi connectivity index (χ3n) is 9.77. The molecule has 6 aromatic carbocycles. The lowest BCUT2D eigenvalue weighted by atomic mass is 9.79. The SMILES string of the molecule is CN(CC1CCCCC1CN(P(c1ccccc1)c1ccccc1)P(c1ccccc1)c1ccccc1)P(c1ccccc1)c1ccccc1. The highest BCUT2D eigenvalue weighted by atomic mass is 31.2. The van der Waals surface area contributed by atoms with Crippen molar-refractivity contribution in [2.45, 2.75) is 25.7 Å². The average Bonchev–Trinajstić information content (AvgIpc) is 3.18. The van der Waals surface area contributed by atoms with E-state index in [1.165, 1.54) is 57.5 Å². The van der Waals surface area contributed by atoms with Gasteiger partial charge in [0.25, 0.3) is 0 Å². The Hall–Kier alpha value is -3.47. The molecule has 1 saturated carbocycles. The van der Waals surface area contributed by atoms with Crippen LogP contribution in [0.5, 0.6) is 0 Å². The minimum atomic E-state index is -0.797. The van der Waals surface area contributed by atoms with Gasteiger partial charge in [-0.1, -0.05) is 195 Å². The van der Waals surface area contributed by atoms with Crippen molar-refractivity contribution in [1.82, 2.24) is 9.11 Å². The molecular formula is C45H47N2P3. The number of nitrogens with zero attached hydrogens (tertiary/aromatic N) is 2. The van der Waals surface area contributed by atoms with E-state index in [4.69, 9.17) is 0 Å². The molecule has 1 aliphatic rings. The van der Waals surface area contributed by atoms with Gasteiger partial charge < -0.3 is 0 Å². The first-order chi connectivity index (χ1) is 24.8. The summed E-state index contributed by atoms with van der Waals surface area (Å²) in [7, 11) is 0.173. The predicted molar refractivity (Wildman–Crippen MR) is 222 cm³/mol. The third-order valence-corrected chi connectivity index (χ3v) is 17.7. The second-order valence-corrected chi connectivity index (χ2v) is 20.1. The largest absolute Gasteiger partial charge is 0.278 e. The van der Waals surface area contributed by atoms with Crippen LogP contribution in [0.1, 0.15) is 25.7 Å². The summed E-state index contributed by atoms with van der Waals surface area (Å²) in [5.41, 5.74) is 0. The molecule has 2 unspecified atom stereocenters. The van der Waals surface area contributed by atoms with Gasteiger partial charge in [0, 0.05) is 37.3 Å². The third kappa shape index (κ3) is 8.52. The van der Waals surface area contributed by atoms with Crippen LogP contribution < -0.4 is 31.8 Å². The molecule has 0 heterocycles. The lowest BCUT2D eigenvalue weighted by Crippen LogP contribution is -2.40. The molecular weight excluding hydrogens is 661 g/mol. The minimum absolute atomic E-state index is 0.601. The van der Waals surface area contributed by atoms with Crippen molar-refractivity contribution in [3.8, 4) is 0 Å². The van der Waals surface area contributed by atoms with E-state index in [0.717, 1.165) is 13.1 Å². The summed E-state index contributed by atoms with van der Waals surface area (Å²) in [5.74, 6) is 1.23. The van der Waals surface area contributed by atoms with Gasteiger partial charge in [0.05, 0.1) is 0 Å². The van der Waals surface area contributed by atoms with Crippen LogP contribution in [-0.2, 0) is 0 Å². The zero-order valence-electron chi connectivity index (χ0n) is 29.0. The van der Waals surface area contributed by atoms with Gasteiger partial charge in [-0.05, 0) is 63.6 Å². The van der Waals surface area contributed by atoms with Crippen LogP contribution in [0.15, 0.2) is 182 Å². The molecule has 1 fully saturated rings. The summed E-state index contributed by atoms with van der Waals surface area (Å²) in [5, 5.41) is 8.56. The van der Waals surface area contributed by atoms with Crippen LogP contribution in [0.3, 0.4) is 0 Å². The Balaban J connectivity index is 1.29. The maximum atomic E-state index is 2.99. The van der Waals surface area contributed by atoms with Crippen molar-refractivity contribution < 1.29 is 0 Å². The molecule has 6 aromatic rings. The lowest BCUT2D eigenvalue weighted by molar-refractivity contribution is 0.199. The molecule has 0 aromatic heterocycles. The molecule has 2 atom stereocenters. The first-order valence-corrected chi connectivity index (χ1v) is 21.8. The van der Waals surface area contributed by atoms with Gasteiger partial charge in [-0.3, -0.25) is 4.67 Å². The van der Waals surface area contributed by atoms with E-state index < -0.39 is 24.2 Å². The van der Waals surface area contributed by atoms with Crippen LogP contribution in [0, 0.1) is 11.8 Å². The van der Waals surface area contributed by atoms with Gasteiger partial charge in [0.15, 0.2) is 0 Å². The van der Waals surface area contributed by atoms with E-state index >= 15 is 0 Å². The quantitative estimate of drug-likeness (QED) is 0.111. The van der Waals surface area contributed by atoms with Gasteiger partial charge in [0.2, 0.25) is 0 Å². The van der Waals surface area contributed by atoms with Crippen LogP contribution in [-0.4, -0.2) is 29.2 Å². The fourth-order valence-corrected chi connectivity index (χ4v) is 16.0. The van der Waals surface area contributed by atoms with E-state index in [1.807, 2.05) is 0 Å². The van der Waals surface area contributed by atoms with Gasteiger partial charge in [0.1, 0.15) is 0 Å². The zero-order chi connectivity index (χ0) is 34.0. The second kappa shape index (κ2) is 17.6. The number of hydrogen-bond acceptors (Lipinski definition) is 2. The van der Waals surface area contributed by atoms with E-state index in [-0.39, 0.29) is 0 Å². The molecule has 5 heteroatoms. The molecule has 0 bridgehead atoms. The van der Waals surface area contributed by atoms with Gasteiger partial charge in [-0.25, -0.2) is 4.44 Å². The molecule has 7 rings (SSSR count). The smallest absolute Gasteiger partial charge is 0.0323 e. The number of rotatable bonds is 13. The topological polar surface area (TPSA) is 6.48 Å². The molecule has 0 N–H and O–H groups in total. The van der Waals surface area contributed by atoms with Crippen LogP contribution in [0.25, 0.3) is 0 Å². The Kier molecular flexibility index (Phi) is 12.3. The molecule has 1 aliphatic carbocycles. The van der Waals surface area contributed by atoms with Crippen LogP contribution in [0.4, 0.5) is 0 Å².